The standard InChI is InChI=1S/C18H26N2O/c1-14(18(21)19-17-7-8-17)20-11-9-16(10-12-20)13-15-5-3-2-4-6-15/h2-6,14,16-17H,7-13H2,1H3,(H,19,21)/p+1/t14-/m0/s1. The molecule has 3 rings (SSSR count). The second-order valence-electron chi connectivity index (χ2n) is 6.80. The molecule has 0 spiro atoms. The third-order valence-corrected chi connectivity index (χ3v) is 5.04. The lowest BCUT2D eigenvalue weighted by atomic mass is 9.89. The van der Waals surface area contributed by atoms with Crippen LogP contribution in [0, 0.1) is 5.92 Å². The van der Waals surface area contributed by atoms with Gasteiger partial charge in [0.25, 0.3) is 5.91 Å². The maximum Gasteiger partial charge on any atom is 0.278 e. The fraction of sp³-hybridized carbons (Fsp3) is 0.611. The molecule has 2 fully saturated rings. The van der Waals surface area contributed by atoms with E-state index in [1.165, 1.54) is 42.6 Å². The summed E-state index contributed by atoms with van der Waals surface area (Å²) in [5, 5.41) is 3.14. The molecule has 2 N–H and O–H groups in total. The Labute approximate surface area is 127 Å². The maximum atomic E-state index is 12.1. The molecule has 3 nitrogen and oxygen atoms in total. The Morgan fingerprint density at radius 3 is 2.48 bits per heavy atom. The largest absolute Gasteiger partial charge is 0.348 e. The van der Waals surface area contributed by atoms with Gasteiger partial charge in [-0.2, -0.15) is 0 Å². The highest BCUT2D eigenvalue weighted by Gasteiger charge is 2.33. The summed E-state index contributed by atoms with van der Waals surface area (Å²) in [6.07, 6.45) is 6.02. The maximum absolute atomic E-state index is 12.1. The first-order chi connectivity index (χ1) is 10.2. The van der Waals surface area contributed by atoms with Crippen molar-refractivity contribution in [1.82, 2.24) is 5.32 Å². The van der Waals surface area contributed by atoms with E-state index < -0.39 is 0 Å². The van der Waals surface area contributed by atoms with E-state index in [-0.39, 0.29) is 11.9 Å². The van der Waals surface area contributed by atoms with E-state index in [1.54, 1.807) is 0 Å². The minimum Gasteiger partial charge on any atom is -0.348 e. The van der Waals surface area contributed by atoms with Crippen molar-refractivity contribution in [2.45, 2.75) is 51.1 Å². The summed E-state index contributed by atoms with van der Waals surface area (Å²) in [4.78, 5) is 13.6. The lowest BCUT2D eigenvalue weighted by Gasteiger charge is -2.32. The number of nitrogens with one attached hydrogen (secondary N) is 2. The first-order valence-corrected chi connectivity index (χ1v) is 8.41. The normalized spacial score (nSPS) is 27.1. The zero-order valence-corrected chi connectivity index (χ0v) is 13.0. The van der Waals surface area contributed by atoms with E-state index in [1.807, 2.05) is 0 Å². The average molecular weight is 287 g/mol. The molecule has 0 unspecified atom stereocenters. The van der Waals surface area contributed by atoms with Crippen molar-refractivity contribution in [2.75, 3.05) is 13.1 Å². The summed E-state index contributed by atoms with van der Waals surface area (Å²) >= 11 is 0. The third-order valence-electron chi connectivity index (χ3n) is 5.04. The summed E-state index contributed by atoms with van der Waals surface area (Å²) in [6, 6.07) is 11.4. The number of hydrogen-bond donors (Lipinski definition) is 2. The molecule has 1 amide bonds. The Balaban J connectivity index is 1.44. The summed E-state index contributed by atoms with van der Waals surface area (Å²) in [6.45, 7) is 4.36. The van der Waals surface area contributed by atoms with Crippen LogP contribution in [0.2, 0.25) is 0 Å². The van der Waals surface area contributed by atoms with Gasteiger partial charge in [0.1, 0.15) is 0 Å². The van der Waals surface area contributed by atoms with Crippen molar-refractivity contribution in [3.63, 3.8) is 0 Å². The molecule has 1 aromatic rings. The summed E-state index contributed by atoms with van der Waals surface area (Å²) in [5.41, 5.74) is 1.45. The van der Waals surface area contributed by atoms with Gasteiger partial charge in [-0.1, -0.05) is 30.3 Å². The molecule has 1 heterocycles. The summed E-state index contributed by atoms with van der Waals surface area (Å²) in [7, 11) is 0. The van der Waals surface area contributed by atoms with E-state index >= 15 is 0 Å². The Morgan fingerprint density at radius 1 is 1.19 bits per heavy atom. The Morgan fingerprint density at radius 2 is 1.86 bits per heavy atom. The van der Waals surface area contributed by atoms with Crippen molar-refractivity contribution < 1.29 is 9.69 Å². The molecule has 1 saturated heterocycles. The van der Waals surface area contributed by atoms with Gasteiger partial charge in [0.05, 0.1) is 13.1 Å². The van der Waals surface area contributed by atoms with Gasteiger partial charge in [0.2, 0.25) is 0 Å². The minimum atomic E-state index is 0.114. The van der Waals surface area contributed by atoms with Gasteiger partial charge in [-0.15, -0.1) is 0 Å². The molecule has 1 aromatic carbocycles. The Bertz CT molecular complexity index is 461. The second-order valence-corrected chi connectivity index (χ2v) is 6.80. The van der Waals surface area contributed by atoms with Crippen LogP contribution >= 0.6 is 0 Å². The highest BCUT2D eigenvalue weighted by Crippen LogP contribution is 2.19. The molecule has 2 aliphatic rings. The molecule has 0 bridgehead atoms. The highest BCUT2D eigenvalue weighted by molar-refractivity contribution is 5.80. The Kier molecular flexibility index (Phi) is 4.59. The Hall–Kier alpha value is -1.35. The number of piperidine rings is 1. The fourth-order valence-corrected chi connectivity index (χ4v) is 3.37. The van der Waals surface area contributed by atoms with Crippen LogP contribution in [0.1, 0.15) is 38.2 Å². The molecule has 1 aliphatic heterocycles. The highest BCUT2D eigenvalue weighted by atomic mass is 16.2. The van der Waals surface area contributed by atoms with Crippen LogP contribution in [0.5, 0.6) is 0 Å². The SMILES string of the molecule is C[C@@H](C(=O)NC1CC1)[NH+]1CCC(Cc2ccccc2)CC1. The summed E-state index contributed by atoms with van der Waals surface area (Å²) in [5.74, 6) is 1.05. The predicted octanol–water partition coefficient (Wildman–Crippen LogP) is 1.19. The molecular formula is C18H27N2O+. The van der Waals surface area contributed by atoms with E-state index in [0.717, 1.165) is 19.0 Å². The lowest BCUT2D eigenvalue weighted by Crippen LogP contribution is -3.17. The molecule has 1 atom stereocenters. The first kappa shape index (κ1) is 14.6. The van der Waals surface area contributed by atoms with Crippen LogP contribution in [-0.2, 0) is 11.2 Å². The van der Waals surface area contributed by atoms with Crippen LogP contribution < -0.4 is 10.2 Å². The number of hydrogen-bond acceptors (Lipinski definition) is 1. The lowest BCUT2D eigenvalue weighted by molar-refractivity contribution is -0.920. The topological polar surface area (TPSA) is 33.5 Å². The van der Waals surface area contributed by atoms with Crippen molar-refractivity contribution in [3.8, 4) is 0 Å². The number of rotatable bonds is 5. The monoisotopic (exact) mass is 287 g/mol. The molecule has 0 aromatic heterocycles. The number of carbonyl (C=O) groups is 1. The van der Waals surface area contributed by atoms with E-state index in [4.69, 9.17) is 0 Å². The van der Waals surface area contributed by atoms with Crippen molar-refractivity contribution in [2.24, 2.45) is 5.92 Å². The average Bonchev–Trinajstić information content (AvgIpc) is 3.32. The third kappa shape index (κ3) is 4.07. The van der Waals surface area contributed by atoms with Gasteiger partial charge in [-0.25, -0.2) is 0 Å². The van der Waals surface area contributed by atoms with Crippen LogP contribution in [0.3, 0.4) is 0 Å². The smallest absolute Gasteiger partial charge is 0.278 e. The molecule has 21 heavy (non-hydrogen) atoms. The minimum absolute atomic E-state index is 0.114. The zero-order chi connectivity index (χ0) is 14.7. The summed E-state index contributed by atoms with van der Waals surface area (Å²) < 4.78 is 0. The van der Waals surface area contributed by atoms with Gasteiger partial charge in [0, 0.05) is 6.04 Å². The molecule has 3 heteroatoms. The molecule has 114 valence electrons. The van der Waals surface area contributed by atoms with Gasteiger partial charge in [-0.3, -0.25) is 4.79 Å². The van der Waals surface area contributed by atoms with Crippen molar-refractivity contribution in [1.29, 1.82) is 0 Å². The van der Waals surface area contributed by atoms with Crippen LogP contribution in [0.4, 0.5) is 0 Å². The number of quaternary nitrogens is 1. The molecular weight excluding hydrogens is 260 g/mol. The number of carbonyl (C=O) groups excluding carboxylic acids is 1. The predicted molar refractivity (Wildman–Crippen MR) is 84.2 cm³/mol. The second kappa shape index (κ2) is 6.61. The van der Waals surface area contributed by atoms with Crippen LogP contribution in [-0.4, -0.2) is 31.1 Å². The first-order valence-electron chi connectivity index (χ1n) is 8.41. The van der Waals surface area contributed by atoms with Gasteiger partial charge in [0.15, 0.2) is 6.04 Å². The van der Waals surface area contributed by atoms with E-state index in [9.17, 15) is 4.79 Å². The van der Waals surface area contributed by atoms with Crippen LogP contribution in [0.25, 0.3) is 0 Å². The van der Waals surface area contributed by atoms with Gasteiger partial charge >= 0.3 is 0 Å². The fourth-order valence-electron chi connectivity index (χ4n) is 3.37. The van der Waals surface area contributed by atoms with E-state index in [0.29, 0.717) is 6.04 Å². The van der Waals surface area contributed by atoms with Crippen molar-refractivity contribution >= 4 is 5.91 Å². The quantitative estimate of drug-likeness (QED) is 0.838. The number of amides is 1. The van der Waals surface area contributed by atoms with Gasteiger partial charge < -0.3 is 10.2 Å². The van der Waals surface area contributed by atoms with Crippen LogP contribution in [0.15, 0.2) is 30.3 Å². The molecule has 1 saturated carbocycles. The zero-order valence-electron chi connectivity index (χ0n) is 13.0. The number of likely N-dealkylation sites (tertiary alicyclic amines) is 1. The van der Waals surface area contributed by atoms with E-state index in [2.05, 4.69) is 42.6 Å². The van der Waals surface area contributed by atoms with Crippen molar-refractivity contribution in [3.05, 3.63) is 35.9 Å². The number of benzene rings is 1. The molecule has 1 aliphatic carbocycles. The van der Waals surface area contributed by atoms with Gasteiger partial charge in [-0.05, 0) is 50.5 Å². The molecule has 0 radical (unpaired) electrons.